The van der Waals surface area contributed by atoms with Crippen LogP contribution >= 0.6 is 15.9 Å². The minimum Gasteiger partial charge on any atom is -0.354 e. The van der Waals surface area contributed by atoms with Gasteiger partial charge in [0.05, 0.1) is 5.69 Å². The second-order valence-electron chi connectivity index (χ2n) is 4.61. The predicted molar refractivity (Wildman–Crippen MR) is 85.7 cm³/mol. The van der Waals surface area contributed by atoms with Crippen molar-refractivity contribution in [3.05, 3.63) is 52.1 Å². The van der Waals surface area contributed by atoms with Crippen LogP contribution < -0.4 is 10.2 Å². The van der Waals surface area contributed by atoms with Gasteiger partial charge in [-0.2, -0.15) is 5.10 Å². The molecular formula is C15H19BrN4. The number of aromatic nitrogens is 2. The summed E-state index contributed by atoms with van der Waals surface area (Å²) in [7, 11) is 2.02. The molecule has 1 aromatic carbocycles. The van der Waals surface area contributed by atoms with Crippen LogP contribution in [0.4, 0.5) is 5.82 Å². The minimum absolute atomic E-state index is 0.762. The molecule has 5 heteroatoms. The van der Waals surface area contributed by atoms with E-state index in [2.05, 4.69) is 49.3 Å². The van der Waals surface area contributed by atoms with Gasteiger partial charge in [0.15, 0.2) is 5.82 Å². The number of hydrogen-bond acceptors (Lipinski definition) is 4. The molecule has 0 amide bonds. The van der Waals surface area contributed by atoms with E-state index in [1.54, 1.807) is 0 Å². The summed E-state index contributed by atoms with van der Waals surface area (Å²) in [6.45, 7) is 4.57. The molecule has 0 spiro atoms. The van der Waals surface area contributed by atoms with Crippen LogP contribution in [-0.2, 0) is 13.1 Å². The van der Waals surface area contributed by atoms with Crippen LogP contribution in [0.1, 0.15) is 18.2 Å². The fraction of sp³-hybridized carbons (Fsp3) is 0.333. The van der Waals surface area contributed by atoms with E-state index < -0.39 is 0 Å². The molecule has 106 valence electrons. The van der Waals surface area contributed by atoms with Crippen molar-refractivity contribution >= 4 is 21.7 Å². The lowest BCUT2D eigenvalue weighted by atomic mass is 10.2. The van der Waals surface area contributed by atoms with Crippen LogP contribution in [0.3, 0.4) is 0 Å². The molecule has 2 rings (SSSR count). The number of rotatable bonds is 6. The van der Waals surface area contributed by atoms with Crippen molar-refractivity contribution in [2.75, 3.05) is 18.5 Å². The Morgan fingerprint density at radius 3 is 2.60 bits per heavy atom. The molecular weight excluding hydrogens is 316 g/mol. The smallest absolute Gasteiger partial charge is 0.151 e. The standard InChI is InChI=1S/C15H19BrN4/c1-3-17-10-13-8-9-15(19-18-13)20(2)11-12-6-4-5-7-14(12)16/h4-9,17H,3,10-11H2,1-2H3. The van der Waals surface area contributed by atoms with Gasteiger partial charge in [0.1, 0.15) is 0 Å². The summed E-state index contributed by atoms with van der Waals surface area (Å²) < 4.78 is 1.11. The number of anilines is 1. The molecule has 0 aliphatic rings. The summed E-state index contributed by atoms with van der Waals surface area (Å²) in [5.41, 5.74) is 2.19. The van der Waals surface area contributed by atoms with Gasteiger partial charge >= 0.3 is 0 Å². The Bertz CT molecular complexity index is 542. The summed E-state index contributed by atoms with van der Waals surface area (Å²) in [6.07, 6.45) is 0. The SMILES string of the molecule is CCNCc1ccc(N(C)Cc2ccccc2Br)nn1. The lowest BCUT2D eigenvalue weighted by Crippen LogP contribution is -2.19. The van der Waals surface area contributed by atoms with E-state index in [4.69, 9.17) is 0 Å². The van der Waals surface area contributed by atoms with Crippen molar-refractivity contribution in [3.63, 3.8) is 0 Å². The third-order valence-electron chi connectivity index (χ3n) is 3.02. The van der Waals surface area contributed by atoms with Crippen molar-refractivity contribution in [1.82, 2.24) is 15.5 Å². The summed E-state index contributed by atoms with van der Waals surface area (Å²) in [6, 6.07) is 12.2. The summed E-state index contributed by atoms with van der Waals surface area (Å²) in [5.74, 6) is 0.876. The maximum Gasteiger partial charge on any atom is 0.151 e. The number of benzene rings is 1. The summed E-state index contributed by atoms with van der Waals surface area (Å²) in [4.78, 5) is 2.09. The zero-order valence-electron chi connectivity index (χ0n) is 11.8. The van der Waals surface area contributed by atoms with Crippen molar-refractivity contribution in [1.29, 1.82) is 0 Å². The topological polar surface area (TPSA) is 41.0 Å². The molecule has 1 N–H and O–H groups in total. The molecule has 0 atom stereocenters. The van der Waals surface area contributed by atoms with Crippen LogP contribution in [-0.4, -0.2) is 23.8 Å². The predicted octanol–water partition coefficient (Wildman–Crippen LogP) is 2.99. The zero-order chi connectivity index (χ0) is 14.4. The second-order valence-corrected chi connectivity index (χ2v) is 5.47. The van der Waals surface area contributed by atoms with Gasteiger partial charge in [-0.3, -0.25) is 0 Å². The molecule has 4 nitrogen and oxygen atoms in total. The van der Waals surface area contributed by atoms with E-state index in [-0.39, 0.29) is 0 Å². The molecule has 0 saturated carbocycles. The lowest BCUT2D eigenvalue weighted by Gasteiger charge is -2.18. The number of halogens is 1. The Balaban J connectivity index is 2.02. The third-order valence-corrected chi connectivity index (χ3v) is 3.79. The lowest BCUT2D eigenvalue weighted by molar-refractivity contribution is 0.696. The third kappa shape index (κ3) is 4.02. The van der Waals surface area contributed by atoms with Gasteiger partial charge in [-0.1, -0.05) is 41.1 Å². The van der Waals surface area contributed by atoms with Gasteiger partial charge < -0.3 is 10.2 Å². The molecule has 1 heterocycles. The average Bonchev–Trinajstić information content (AvgIpc) is 2.48. The van der Waals surface area contributed by atoms with Crippen LogP contribution in [0, 0.1) is 0 Å². The largest absolute Gasteiger partial charge is 0.354 e. The first-order valence-corrected chi connectivity index (χ1v) is 7.48. The summed E-state index contributed by atoms with van der Waals surface area (Å²) in [5, 5.41) is 11.8. The quantitative estimate of drug-likeness (QED) is 0.881. The van der Waals surface area contributed by atoms with Crippen molar-refractivity contribution < 1.29 is 0 Å². The Kier molecular flexibility index (Phi) is 5.49. The highest BCUT2D eigenvalue weighted by Crippen LogP contribution is 2.19. The fourth-order valence-electron chi connectivity index (χ4n) is 1.87. The number of nitrogens with zero attached hydrogens (tertiary/aromatic N) is 3. The van der Waals surface area contributed by atoms with Crippen LogP contribution in [0.2, 0.25) is 0 Å². The first-order valence-electron chi connectivity index (χ1n) is 6.68. The van der Waals surface area contributed by atoms with Gasteiger partial charge in [-0.15, -0.1) is 5.10 Å². The normalized spacial score (nSPS) is 10.6. The number of hydrogen-bond donors (Lipinski definition) is 1. The van der Waals surface area contributed by atoms with E-state index in [1.807, 2.05) is 37.4 Å². The van der Waals surface area contributed by atoms with E-state index in [1.165, 1.54) is 5.56 Å². The van der Waals surface area contributed by atoms with Gasteiger partial charge in [-0.05, 0) is 30.3 Å². The molecule has 1 aromatic heterocycles. The van der Waals surface area contributed by atoms with Gasteiger partial charge in [-0.25, -0.2) is 0 Å². The second kappa shape index (κ2) is 7.36. The van der Waals surface area contributed by atoms with Crippen LogP contribution in [0.25, 0.3) is 0 Å². The molecule has 0 aliphatic carbocycles. The highest BCUT2D eigenvalue weighted by molar-refractivity contribution is 9.10. The van der Waals surface area contributed by atoms with E-state index in [0.29, 0.717) is 0 Å². The first-order chi connectivity index (χ1) is 9.70. The molecule has 20 heavy (non-hydrogen) atoms. The fourth-order valence-corrected chi connectivity index (χ4v) is 2.28. The van der Waals surface area contributed by atoms with Crippen LogP contribution in [0.15, 0.2) is 40.9 Å². The molecule has 0 unspecified atom stereocenters. The molecule has 2 aromatic rings. The average molecular weight is 335 g/mol. The van der Waals surface area contributed by atoms with Gasteiger partial charge in [0.2, 0.25) is 0 Å². The minimum atomic E-state index is 0.762. The van der Waals surface area contributed by atoms with E-state index in [9.17, 15) is 0 Å². The molecule has 0 saturated heterocycles. The zero-order valence-corrected chi connectivity index (χ0v) is 13.4. The number of nitrogens with one attached hydrogen (secondary N) is 1. The first kappa shape index (κ1) is 14.9. The molecule has 0 radical (unpaired) electrons. The maximum atomic E-state index is 4.28. The van der Waals surface area contributed by atoms with E-state index in [0.717, 1.165) is 35.6 Å². The Labute approximate surface area is 128 Å². The molecule has 0 aliphatic heterocycles. The van der Waals surface area contributed by atoms with Gasteiger partial charge in [0.25, 0.3) is 0 Å². The summed E-state index contributed by atoms with van der Waals surface area (Å²) >= 11 is 3.57. The Hall–Kier alpha value is -1.46. The van der Waals surface area contributed by atoms with Crippen LogP contribution in [0.5, 0.6) is 0 Å². The van der Waals surface area contributed by atoms with Crippen molar-refractivity contribution in [3.8, 4) is 0 Å². The Morgan fingerprint density at radius 2 is 1.95 bits per heavy atom. The highest BCUT2D eigenvalue weighted by atomic mass is 79.9. The van der Waals surface area contributed by atoms with Gasteiger partial charge in [0, 0.05) is 24.6 Å². The molecule has 0 fully saturated rings. The maximum absolute atomic E-state index is 4.28. The van der Waals surface area contributed by atoms with Crippen molar-refractivity contribution in [2.45, 2.75) is 20.0 Å². The Morgan fingerprint density at radius 1 is 1.15 bits per heavy atom. The van der Waals surface area contributed by atoms with E-state index >= 15 is 0 Å². The van der Waals surface area contributed by atoms with Crippen molar-refractivity contribution in [2.24, 2.45) is 0 Å². The monoisotopic (exact) mass is 334 g/mol. The highest BCUT2D eigenvalue weighted by Gasteiger charge is 2.06. The molecule has 0 bridgehead atoms.